The van der Waals surface area contributed by atoms with E-state index in [2.05, 4.69) is 50.5 Å². The van der Waals surface area contributed by atoms with E-state index in [0.717, 1.165) is 18.3 Å². The average Bonchev–Trinajstić information content (AvgIpc) is 2.73. The smallest absolute Gasteiger partial charge is 0.326 e. The number of carboxylic acids is 1. The first-order chi connectivity index (χ1) is 15.6. The van der Waals surface area contributed by atoms with Crippen LogP contribution in [0.4, 0.5) is 0 Å². The highest BCUT2D eigenvalue weighted by atomic mass is 127. The summed E-state index contributed by atoms with van der Waals surface area (Å²) in [7, 11) is 0. The van der Waals surface area contributed by atoms with Crippen LogP contribution in [0.3, 0.4) is 0 Å². The van der Waals surface area contributed by atoms with E-state index < -0.39 is 17.9 Å². The summed E-state index contributed by atoms with van der Waals surface area (Å²) in [5, 5.41) is 31.5. The number of carbonyl (C=O) groups excluding carboxylic acids is 1. The molecular formula is C24H21I2NO6. The number of benzene rings is 3. The number of ether oxygens (including phenoxy) is 1. The fraction of sp³-hybridized carbons (Fsp3) is 0.167. The molecule has 0 heterocycles. The van der Waals surface area contributed by atoms with Crippen molar-refractivity contribution in [2.45, 2.75) is 25.8 Å². The summed E-state index contributed by atoms with van der Waals surface area (Å²) in [5.41, 5.74) is 2.37. The van der Waals surface area contributed by atoms with Crippen molar-refractivity contribution >= 4 is 57.1 Å². The van der Waals surface area contributed by atoms with Crippen LogP contribution in [0.25, 0.3) is 0 Å². The number of halogens is 2. The van der Waals surface area contributed by atoms with Crippen molar-refractivity contribution in [2.75, 3.05) is 0 Å². The SMILES string of the molecule is CC(=O)N[C@@H](Cc1cc(I)c(Oc2ccc(O)c(Cc3ccc(O)cc3)c2)c(I)c1)C(=O)O. The number of nitrogens with one attached hydrogen (secondary N) is 1. The normalized spacial score (nSPS) is 11.6. The van der Waals surface area contributed by atoms with Crippen molar-refractivity contribution in [3.8, 4) is 23.0 Å². The number of rotatable bonds is 8. The van der Waals surface area contributed by atoms with Gasteiger partial charge in [-0.3, -0.25) is 4.79 Å². The second-order valence-corrected chi connectivity index (χ2v) is 9.74. The van der Waals surface area contributed by atoms with Gasteiger partial charge in [-0.2, -0.15) is 0 Å². The maximum atomic E-state index is 11.4. The Bertz CT molecular complexity index is 1160. The second-order valence-electron chi connectivity index (χ2n) is 7.42. The molecule has 0 aliphatic heterocycles. The molecule has 172 valence electrons. The van der Waals surface area contributed by atoms with Gasteiger partial charge in [0.1, 0.15) is 23.3 Å². The molecule has 9 heteroatoms. The molecule has 0 saturated heterocycles. The zero-order valence-electron chi connectivity index (χ0n) is 17.5. The minimum atomic E-state index is -1.10. The van der Waals surface area contributed by atoms with E-state index in [0.29, 0.717) is 23.5 Å². The second kappa shape index (κ2) is 11.1. The van der Waals surface area contributed by atoms with E-state index in [-0.39, 0.29) is 17.9 Å². The fourth-order valence-corrected chi connectivity index (χ4v) is 5.34. The molecule has 7 nitrogen and oxygen atoms in total. The molecule has 1 atom stereocenters. The lowest BCUT2D eigenvalue weighted by atomic mass is 10.0. The molecule has 3 rings (SSSR count). The molecule has 0 radical (unpaired) electrons. The van der Waals surface area contributed by atoms with Gasteiger partial charge in [-0.05, 0) is 98.8 Å². The highest BCUT2D eigenvalue weighted by Crippen LogP contribution is 2.35. The van der Waals surface area contributed by atoms with Crippen molar-refractivity contribution < 1.29 is 29.6 Å². The fourth-order valence-electron chi connectivity index (χ4n) is 3.23. The predicted molar refractivity (Wildman–Crippen MR) is 140 cm³/mol. The van der Waals surface area contributed by atoms with Crippen LogP contribution >= 0.6 is 45.2 Å². The van der Waals surface area contributed by atoms with Crippen LogP contribution in [0, 0.1) is 7.14 Å². The number of hydrogen-bond acceptors (Lipinski definition) is 5. The summed E-state index contributed by atoms with van der Waals surface area (Å²) in [6.45, 7) is 1.29. The number of hydrogen-bond donors (Lipinski definition) is 4. The Hall–Kier alpha value is -2.54. The van der Waals surface area contributed by atoms with Gasteiger partial charge in [0.05, 0.1) is 7.14 Å². The number of carbonyl (C=O) groups is 2. The largest absolute Gasteiger partial charge is 0.508 e. The molecular weight excluding hydrogens is 652 g/mol. The highest BCUT2D eigenvalue weighted by Gasteiger charge is 2.20. The number of amides is 1. The van der Waals surface area contributed by atoms with E-state index in [1.54, 1.807) is 42.5 Å². The van der Waals surface area contributed by atoms with Crippen LogP contribution in [0.5, 0.6) is 23.0 Å². The monoisotopic (exact) mass is 673 g/mol. The van der Waals surface area contributed by atoms with Gasteiger partial charge in [0.25, 0.3) is 0 Å². The lowest BCUT2D eigenvalue weighted by Crippen LogP contribution is -2.41. The van der Waals surface area contributed by atoms with Crippen molar-refractivity contribution in [2.24, 2.45) is 0 Å². The lowest BCUT2D eigenvalue weighted by molar-refractivity contribution is -0.141. The molecule has 3 aromatic carbocycles. The van der Waals surface area contributed by atoms with E-state index in [4.69, 9.17) is 4.74 Å². The molecule has 0 bridgehead atoms. The third-order valence-electron chi connectivity index (χ3n) is 4.78. The maximum Gasteiger partial charge on any atom is 0.326 e. The summed E-state index contributed by atoms with van der Waals surface area (Å²) in [5.74, 6) is -0.00493. The molecule has 0 spiro atoms. The van der Waals surface area contributed by atoms with Crippen molar-refractivity contribution in [1.29, 1.82) is 0 Å². The molecule has 0 fully saturated rings. The standard InChI is InChI=1S/C24H21I2NO6/c1-13(28)27-21(24(31)32)11-15-9-19(25)23(20(26)10-15)33-18-6-7-22(30)16(12-18)8-14-2-4-17(29)5-3-14/h2-7,9-10,12,21,29-30H,8,11H2,1H3,(H,27,28)(H,31,32)/t21-/m0/s1. The summed E-state index contributed by atoms with van der Waals surface area (Å²) < 4.78 is 7.69. The van der Waals surface area contributed by atoms with Crippen LogP contribution in [0.1, 0.15) is 23.6 Å². The van der Waals surface area contributed by atoms with Crippen LogP contribution in [0.15, 0.2) is 54.6 Å². The summed E-state index contributed by atoms with van der Waals surface area (Å²) in [6, 6.07) is 14.4. The Kier molecular flexibility index (Phi) is 8.40. The Morgan fingerprint density at radius 2 is 1.61 bits per heavy atom. The average molecular weight is 673 g/mol. The first kappa shape index (κ1) is 25.1. The third-order valence-corrected chi connectivity index (χ3v) is 6.38. The van der Waals surface area contributed by atoms with Crippen molar-refractivity contribution in [1.82, 2.24) is 5.32 Å². The van der Waals surface area contributed by atoms with E-state index in [1.807, 2.05) is 12.1 Å². The van der Waals surface area contributed by atoms with Gasteiger partial charge >= 0.3 is 5.97 Å². The molecule has 3 aromatic rings. The third kappa shape index (κ3) is 6.97. The first-order valence-electron chi connectivity index (χ1n) is 9.88. The molecule has 0 unspecified atom stereocenters. The van der Waals surface area contributed by atoms with Crippen LogP contribution in [-0.4, -0.2) is 33.2 Å². The van der Waals surface area contributed by atoms with Crippen molar-refractivity contribution in [3.63, 3.8) is 0 Å². The molecule has 4 N–H and O–H groups in total. The number of carboxylic acid groups (broad SMARTS) is 1. The predicted octanol–water partition coefficient (Wildman–Crippen LogP) is 4.82. The van der Waals surface area contributed by atoms with E-state index in [1.165, 1.54) is 6.92 Å². The Labute approximate surface area is 218 Å². The Balaban J connectivity index is 1.81. The molecule has 0 aromatic heterocycles. The van der Waals surface area contributed by atoms with Gasteiger partial charge in [0.2, 0.25) is 5.91 Å². The molecule has 1 amide bonds. The highest BCUT2D eigenvalue weighted by molar-refractivity contribution is 14.1. The molecule has 33 heavy (non-hydrogen) atoms. The van der Waals surface area contributed by atoms with Gasteiger partial charge in [-0.1, -0.05) is 12.1 Å². The van der Waals surface area contributed by atoms with Crippen LogP contribution in [0.2, 0.25) is 0 Å². The van der Waals surface area contributed by atoms with Gasteiger partial charge in [0.15, 0.2) is 5.75 Å². The Morgan fingerprint density at radius 1 is 0.970 bits per heavy atom. The minimum Gasteiger partial charge on any atom is -0.508 e. The van der Waals surface area contributed by atoms with Gasteiger partial charge in [0, 0.05) is 25.3 Å². The molecule has 0 aliphatic rings. The first-order valence-corrected chi connectivity index (χ1v) is 12.0. The number of aromatic hydroxyl groups is 2. The quantitative estimate of drug-likeness (QED) is 0.255. The summed E-state index contributed by atoms with van der Waals surface area (Å²) in [6.07, 6.45) is 0.618. The Morgan fingerprint density at radius 3 is 2.18 bits per heavy atom. The number of phenolic OH excluding ortho intramolecular Hbond substituents is 2. The lowest BCUT2D eigenvalue weighted by Gasteiger charge is -2.16. The van der Waals surface area contributed by atoms with Gasteiger partial charge < -0.3 is 25.4 Å². The number of aliphatic carboxylic acids is 1. The minimum absolute atomic E-state index is 0.146. The van der Waals surface area contributed by atoms with Gasteiger partial charge in [-0.25, -0.2) is 4.79 Å². The zero-order valence-corrected chi connectivity index (χ0v) is 21.8. The van der Waals surface area contributed by atoms with Crippen LogP contribution in [-0.2, 0) is 22.4 Å². The van der Waals surface area contributed by atoms with E-state index >= 15 is 0 Å². The van der Waals surface area contributed by atoms with Gasteiger partial charge in [-0.15, -0.1) is 0 Å². The zero-order chi connectivity index (χ0) is 24.1. The molecule has 0 aliphatic carbocycles. The van der Waals surface area contributed by atoms with Crippen LogP contribution < -0.4 is 10.1 Å². The molecule has 0 saturated carbocycles. The maximum absolute atomic E-state index is 11.4. The van der Waals surface area contributed by atoms with Crippen molar-refractivity contribution in [3.05, 3.63) is 78.4 Å². The summed E-state index contributed by atoms with van der Waals surface area (Å²) >= 11 is 4.25. The topological polar surface area (TPSA) is 116 Å². The number of phenols is 2. The summed E-state index contributed by atoms with van der Waals surface area (Å²) in [4.78, 5) is 22.7. The van der Waals surface area contributed by atoms with E-state index in [9.17, 15) is 24.9 Å².